The van der Waals surface area contributed by atoms with Crippen LogP contribution in [-0.2, 0) is 0 Å². The minimum atomic E-state index is -1.01. The zero-order valence-electron chi connectivity index (χ0n) is 13.3. The van der Waals surface area contributed by atoms with Gasteiger partial charge in [-0.15, -0.1) is 11.3 Å². The largest absolute Gasteiger partial charge is 0.478 e. The zero-order valence-corrected chi connectivity index (χ0v) is 14.1. The Morgan fingerprint density at radius 2 is 1.92 bits per heavy atom. The Bertz CT molecular complexity index is 708. The summed E-state index contributed by atoms with van der Waals surface area (Å²) in [6.07, 6.45) is 2.39. The third kappa shape index (κ3) is 4.01. The molecule has 1 fully saturated rings. The number of hydrogen-bond donors (Lipinski definition) is 2. The summed E-state index contributed by atoms with van der Waals surface area (Å²) in [5.41, 5.74) is 1.22. The van der Waals surface area contributed by atoms with Crippen LogP contribution in [-0.4, -0.2) is 41.5 Å². The number of thiophene rings is 1. The number of likely N-dealkylation sites (tertiary alicyclic amines) is 1. The maximum Gasteiger partial charge on any atom is 0.336 e. The molecule has 3 rings (SSSR count). The fraction of sp³-hybridized carbons (Fsp3) is 0.333. The molecule has 126 valence electrons. The van der Waals surface area contributed by atoms with E-state index in [-0.39, 0.29) is 17.5 Å². The molecule has 2 N–H and O–H groups in total. The molecule has 1 aromatic carbocycles. The Kier molecular flexibility index (Phi) is 5.27. The van der Waals surface area contributed by atoms with Crippen molar-refractivity contribution in [3.05, 3.63) is 57.8 Å². The number of nitrogens with one attached hydrogen (secondary N) is 1. The summed E-state index contributed by atoms with van der Waals surface area (Å²) in [6, 6.07) is 11.2. The van der Waals surface area contributed by atoms with Crippen LogP contribution >= 0.6 is 11.3 Å². The Morgan fingerprint density at radius 1 is 1.21 bits per heavy atom. The third-order valence-electron chi connectivity index (χ3n) is 4.22. The van der Waals surface area contributed by atoms with E-state index in [9.17, 15) is 9.59 Å². The lowest BCUT2D eigenvalue weighted by atomic mass is 10.1. The van der Waals surface area contributed by atoms with E-state index in [4.69, 9.17) is 5.11 Å². The molecule has 0 saturated carbocycles. The van der Waals surface area contributed by atoms with Crippen LogP contribution in [0.1, 0.15) is 44.5 Å². The van der Waals surface area contributed by atoms with Crippen LogP contribution < -0.4 is 5.32 Å². The van der Waals surface area contributed by atoms with Crippen molar-refractivity contribution >= 4 is 23.2 Å². The summed E-state index contributed by atoms with van der Waals surface area (Å²) in [7, 11) is 0. The maximum atomic E-state index is 12.5. The zero-order chi connectivity index (χ0) is 16.9. The summed E-state index contributed by atoms with van der Waals surface area (Å²) in [4.78, 5) is 26.3. The molecule has 1 saturated heterocycles. The fourth-order valence-corrected chi connectivity index (χ4v) is 3.72. The van der Waals surface area contributed by atoms with Gasteiger partial charge in [0.15, 0.2) is 0 Å². The van der Waals surface area contributed by atoms with Crippen molar-refractivity contribution in [3.63, 3.8) is 0 Å². The molecule has 5 nitrogen and oxygen atoms in total. The van der Waals surface area contributed by atoms with Crippen LogP contribution in [0, 0.1) is 0 Å². The SMILES string of the molecule is O=C(O)c1csc(C(=O)NC(CN2CCCC2)c2ccccc2)c1. The van der Waals surface area contributed by atoms with Gasteiger partial charge in [-0.05, 0) is 37.6 Å². The molecule has 0 bridgehead atoms. The highest BCUT2D eigenvalue weighted by Gasteiger charge is 2.22. The number of carbonyl (C=O) groups excluding carboxylic acids is 1. The minimum Gasteiger partial charge on any atom is -0.478 e. The highest BCUT2D eigenvalue weighted by molar-refractivity contribution is 7.12. The monoisotopic (exact) mass is 344 g/mol. The van der Waals surface area contributed by atoms with E-state index in [0.717, 1.165) is 36.5 Å². The summed E-state index contributed by atoms with van der Waals surface area (Å²) >= 11 is 1.16. The first-order valence-electron chi connectivity index (χ1n) is 8.03. The average molecular weight is 344 g/mol. The summed E-state index contributed by atoms with van der Waals surface area (Å²) in [5.74, 6) is -1.23. The van der Waals surface area contributed by atoms with Gasteiger partial charge in [0.2, 0.25) is 0 Å². The second-order valence-electron chi connectivity index (χ2n) is 5.95. The van der Waals surface area contributed by atoms with Gasteiger partial charge in [-0.3, -0.25) is 4.79 Å². The molecule has 0 aliphatic carbocycles. The topological polar surface area (TPSA) is 69.6 Å². The van der Waals surface area contributed by atoms with Crippen LogP contribution in [0.2, 0.25) is 0 Å². The van der Waals surface area contributed by atoms with Gasteiger partial charge in [-0.25, -0.2) is 4.79 Å². The molecular formula is C18H20N2O3S. The van der Waals surface area contributed by atoms with Gasteiger partial charge in [0.1, 0.15) is 0 Å². The number of carbonyl (C=O) groups is 2. The standard InChI is InChI=1S/C18H20N2O3S/c21-17(16-10-14(12-24-16)18(22)23)19-15(11-20-8-4-5-9-20)13-6-2-1-3-7-13/h1-3,6-7,10,12,15H,4-5,8-9,11H2,(H,19,21)(H,22,23). The minimum absolute atomic E-state index is 0.104. The van der Waals surface area contributed by atoms with E-state index in [1.54, 1.807) is 0 Å². The van der Waals surface area contributed by atoms with Crippen LogP contribution in [0.15, 0.2) is 41.8 Å². The molecule has 0 radical (unpaired) electrons. The highest BCUT2D eigenvalue weighted by atomic mass is 32.1. The second-order valence-corrected chi connectivity index (χ2v) is 6.86. The molecule has 0 spiro atoms. The first kappa shape index (κ1) is 16.7. The Morgan fingerprint density at radius 3 is 2.54 bits per heavy atom. The lowest BCUT2D eigenvalue weighted by Gasteiger charge is -2.24. The Labute approximate surface area is 144 Å². The number of amides is 1. The Hall–Kier alpha value is -2.18. The lowest BCUT2D eigenvalue weighted by Crippen LogP contribution is -2.36. The molecule has 6 heteroatoms. The van der Waals surface area contributed by atoms with Crippen LogP contribution in [0.3, 0.4) is 0 Å². The summed E-state index contributed by atoms with van der Waals surface area (Å²) < 4.78 is 0. The molecule has 1 aromatic heterocycles. The molecule has 1 aliphatic heterocycles. The summed E-state index contributed by atoms with van der Waals surface area (Å²) in [6.45, 7) is 2.88. The van der Waals surface area contributed by atoms with E-state index in [0.29, 0.717) is 4.88 Å². The van der Waals surface area contributed by atoms with E-state index in [1.165, 1.54) is 24.3 Å². The first-order valence-corrected chi connectivity index (χ1v) is 8.91. The van der Waals surface area contributed by atoms with Crippen LogP contribution in [0.25, 0.3) is 0 Å². The highest BCUT2D eigenvalue weighted by Crippen LogP contribution is 2.20. The van der Waals surface area contributed by atoms with Gasteiger partial charge in [-0.1, -0.05) is 30.3 Å². The quantitative estimate of drug-likeness (QED) is 0.845. The number of benzene rings is 1. The van der Waals surface area contributed by atoms with Gasteiger partial charge >= 0.3 is 5.97 Å². The molecule has 1 amide bonds. The number of nitrogens with zero attached hydrogens (tertiary/aromatic N) is 1. The van der Waals surface area contributed by atoms with Crippen molar-refractivity contribution in [2.75, 3.05) is 19.6 Å². The molecule has 1 atom stereocenters. The lowest BCUT2D eigenvalue weighted by molar-refractivity contribution is 0.0697. The molecule has 2 heterocycles. The smallest absolute Gasteiger partial charge is 0.336 e. The first-order chi connectivity index (χ1) is 11.6. The number of rotatable bonds is 6. The third-order valence-corrected chi connectivity index (χ3v) is 5.15. The van der Waals surface area contributed by atoms with Crippen molar-refractivity contribution < 1.29 is 14.7 Å². The van der Waals surface area contributed by atoms with E-state index in [2.05, 4.69) is 10.2 Å². The Balaban J connectivity index is 1.74. The predicted molar refractivity (Wildman–Crippen MR) is 93.6 cm³/mol. The van der Waals surface area contributed by atoms with E-state index < -0.39 is 5.97 Å². The van der Waals surface area contributed by atoms with Gasteiger partial charge in [0, 0.05) is 11.9 Å². The molecule has 1 aliphatic rings. The van der Waals surface area contributed by atoms with Gasteiger partial charge in [-0.2, -0.15) is 0 Å². The van der Waals surface area contributed by atoms with Crippen molar-refractivity contribution in [3.8, 4) is 0 Å². The number of aromatic carboxylic acids is 1. The molecule has 1 unspecified atom stereocenters. The predicted octanol–water partition coefficient (Wildman–Crippen LogP) is 3.01. The van der Waals surface area contributed by atoms with Gasteiger partial charge in [0.25, 0.3) is 5.91 Å². The average Bonchev–Trinajstić information content (AvgIpc) is 3.26. The number of carboxylic acid groups (broad SMARTS) is 1. The molecule has 2 aromatic rings. The molecule has 24 heavy (non-hydrogen) atoms. The second kappa shape index (κ2) is 7.59. The maximum absolute atomic E-state index is 12.5. The number of hydrogen-bond acceptors (Lipinski definition) is 4. The van der Waals surface area contributed by atoms with Crippen molar-refractivity contribution in [2.24, 2.45) is 0 Å². The van der Waals surface area contributed by atoms with Crippen LogP contribution in [0.5, 0.6) is 0 Å². The van der Waals surface area contributed by atoms with E-state index in [1.807, 2.05) is 30.3 Å². The van der Waals surface area contributed by atoms with Gasteiger partial charge in [0.05, 0.1) is 16.5 Å². The summed E-state index contributed by atoms with van der Waals surface area (Å²) in [5, 5.41) is 13.6. The normalized spacial score (nSPS) is 16.0. The fourth-order valence-electron chi connectivity index (χ4n) is 2.94. The van der Waals surface area contributed by atoms with Gasteiger partial charge < -0.3 is 15.3 Å². The van der Waals surface area contributed by atoms with Crippen molar-refractivity contribution in [1.82, 2.24) is 10.2 Å². The van der Waals surface area contributed by atoms with Crippen molar-refractivity contribution in [1.29, 1.82) is 0 Å². The number of carboxylic acids is 1. The van der Waals surface area contributed by atoms with Crippen LogP contribution in [0.4, 0.5) is 0 Å². The molecular weight excluding hydrogens is 324 g/mol. The van der Waals surface area contributed by atoms with E-state index >= 15 is 0 Å². The van der Waals surface area contributed by atoms with Crippen molar-refractivity contribution in [2.45, 2.75) is 18.9 Å².